The molecule has 0 spiro atoms. The number of benzene rings is 1. The Bertz CT molecular complexity index is 1280. The molecule has 2 saturated carbocycles. The Morgan fingerprint density at radius 2 is 1.66 bits per heavy atom. The number of nitrogens with zero attached hydrogens (tertiary/aromatic N) is 1. The summed E-state index contributed by atoms with van der Waals surface area (Å²) in [6, 6.07) is 6.15. The van der Waals surface area contributed by atoms with Crippen molar-refractivity contribution in [1.29, 1.82) is 0 Å². The van der Waals surface area contributed by atoms with Crippen molar-refractivity contribution in [1.82, 2.24) is 10.3 Å². The molecule has 240 valence electrons. The van der Waals surface area contributed by atoms with Crippen molar-refractivity contribution < 1.29 is 38.1 Å². The minimum atomic E-state index is -1.30. The third-order valence-electron chi connectivity index (χ3n) is 6.96. The van der Waals surface area contributed by atoms with E-state index in [4.69, 9.17) is 18.9 Å². The molecule has 44 heavy (non-hydrogen) atoms. The number of methoxy groups -OCH3 is 1. The van der Waals surface area contributed by atoms with Crippen molar-refractivity contribution in [2.24, 2.45) is 5.92 Å². The summed E-state index contributed by atoms with van der Waals surface area (Å²) in [4.78, 5) is 54.7. The van der Waals surface area contributed by atoms with Crippen LogP contribution in [0.15, 0.2) is 30.8 Å². The number of amides is 1. The molecule has 0 bridgehead atoms. The summed E-state index contributed by atoms with van der Waals surface area (Å²) in [6.07, 6.45) is 6.43. The van der Waals surface area contributed by atoms with E-state index in [2.05, 4.69) is 16.9 Å². The summed E-state index contributed by atoms with van der Waals surface area (Å²) in [5.41, 5.74) is 1.18. The molecule has 1 aromatic carbocycles. The summed E-state index contributed by atoms with van der Waals surface area (Å²) in [5.74, 6) is -0.523. The van der Waals surface area contributed by atoms with Gasteiger partial charge in [0.15, 0.2) is 12.0 Å². The molecule has 10 heteroatoms. The Hall–Kier alpha value is -4.21. The van der Waals surface area contributed by atoms with Gasteiger partial charge in [0, 0.05) is 30.2 Å². The van der Waals surface area contributed by atoms with E-state index in [1.807, 2.05) is 27.7 Å². The second kappa shape index (κ2) is 18.5. The van der Waals surface area contributed by atoms with E-state index in [-0.39, 0.29) is 28.6 Å². The number of aldehydes is 1. The zero-order valence-electron chi connectivity index (χ0n) is 26.8. The van der Waals surface area contributed by atoms with Gasteiger partial charge in [-0.1, -0.05) is 46.8 Å². The molecule has 2 aliphatic rings. The fraction of sp³-hybridized carbons (Fsp3) is 0.500. The molecule has 1 heterocycles. The van der Waals surface area contributed by atoms with Crippen LogP contribution in [0.5, 0.6) is 5.75 Å². The van der Waals surface area contributed by atoms with Crippen LogP contribution < -0.4 is 10.1 Å². The lowest BCUT2D eigenvalue weighted by atomic mass is 9.95. The maximum atomic E-state index is 13.4. The van der Waals surface area contributed by atoms with E-state index in [1.165, 1.54) is 26.2 Å². The van der Waals surface area contributed by atoms with Gasteiger partial charge in [0.1, 0.15) is 17.5 Å². The Morgan fingerprint density at radius 1 is 0.977 bits per heavy atom. The summed E-state index contributed by atoms with van der Waals surface area (Å²) >= 11 is 0. The third kappa shape index (κ3) is 10.2. The van der Waals surface area contributed by atoms with Gasteiger partial charge in [0.25, 0.3) is 5.91 Å². The van der Waals surface area contributed by atoms with Crippen molar-refractivity contribution in [3.8, 4) is 16.9 Å². The molecule has 1 amide bonds. The van der Waals surface area contributed by atoms with E-state index in [0.29, 0.717) is 35.6 Å². The first-order chi connectivity index (χ1) is 21.3. The van der Waals surface area contributed by atoms with Gasteiger partial charge in [0.2, 0.25) is 6.29 Å². The van der Waals surface area contributed by atoms with Crippen LogP contribution in [0.1, 0.15) is 116 Å². The van der Waals surface area contributed by atoms with Gasteiger partial charge in [-0.2, -0.15) is 0 Å². The lowest BCUT2D eigenvalue weighted by molar-refractivity contribution is -0.0917. The average Bonchev–Trinajstić information content (AvgIpc) is 3.89. The molecule has 1 N–H and O–H groups in total. The molecule has 2 fully saturated rings. The average molecular weight is 611 g/mol. The number of carbonyl (C=O) groups excluding carboxylic acids is 4. The first-order valence-corrected chi connectivity index (χ1v) is 15.5. The molecule has 2 aromatic rings. The largest absolute Gasteiger partial charge is 0.511 e. The predicted molar refractivity (Wildman–Crippen MR) is 169 cm³/mol. The molecule has 2 aliphatic carbocycles. The summed E-state index contributed by atoms with van der Waals surface area (Å²) < 4.78 is 21.3. The smallest absolute Gasteiger partial charge is 0.496 e. The number of nitrogens with one attached hydrogen (secondary N) is 1. The van der Waals surface area contributed by atoms with Gasteiger partial charge in [-0.05, 0) is 74.3 Å². The maximum Gasteiger partial charge on any atom is 0.511 e. The second-order valence-corrected chi connectivity index (χ2v) is 9.97. The van der Waals surface area contributed by atoms with Crippen LogP contribution in [0.4, 0.5) is 4.79 Å². The highest BCUT2D eigenvalue weighted by Crippen LogP contribution is 2.33. The number of hydrogen-bond donors (Lipinski definition) is 1. The van der Waals surface area contributed by atoms with Crippen LogP contribution in [0, 0.1) is 5.92 Å². The fourth-order valence-electron chi connectivity index (χ4n) is 4.60. The normalized spacial score (nSPS) is 14.7. The highest BCUT2D eigenvalue weighted by molar-refractivity contribution is 6.01. The fourth-order valence-corrected chi connectivity index (χ4v) is 4.60. The Morgan fingerprint density at radius 3 is 2.25 bits per heavy atom. The lowest BCUT2D eigenvalue weighted by Crippen LogP contribution is -2.28. The molecule has 0 aliphatic heterocycles. The number of hydrogen-bond acceptors (Lipinski definition) is 9. The molecule has 0 saturated heterocycles. The first-order valence-electron chi connectivity index (χ1n) is 15.5. The molecular formula is C34H46N2O8. The monoisotopic (exact) mass is 610 g/mol. The molecule has 4 rings (SSSR count). The predicted octanol–water partition coefficient (Wildman–Crippen LogP) is 7.39. The number of carbonyl (C=O) groups is 4. The zero-order chi connectivity index (χ0) is 32.6. The second-order valence-electron chi connectivity index (χ2n) is 9.97. The van der Waals surface area contributed by atoms with Crippen molar-refractivity contribution >= 4 is 30.4 Å². The van der Waals surface area contributed by atoms with E-state index in [9.17, 15) is 19.2 Å². The van der Waals surface area contributed by atoms with Gasteiger partial charge in [-0.25, -0.2) is 14.6 Å². The van der Waals surface area contributed by atoms with Crippen LogP contribution in [0.25, 0.3) is 17.2 Å². The Balaban J connectivity index is 0.00000162. The zero-order valence-corrected chi connectivity index (χ0v) is 26.8. The maximum absolute atomic E-state index is 13.4. The molecule has 1 aromatic heterocycles. The van der Waals surface area contributed by atoms with E-state index in [1.54, 1.807) is 18.2 Å². The number of rotatable bonds is 11. The van der Waals surface area contributed by atoms with Crippen molar-refractivity contribution in [2.45, 2.75) is 92.0 Å². The van der Waals surface area contributed by atoms with Crippen LogP contribution in [-0.2, 0) is 14.2 Å². The van der Waals surface area contributed by atoms with E-state index >= 15 is 0 Å². The van der Waals surface area contributed by atoms with Gasteiger partial charge in [0.05, 0.1) is 7.11 Å². The highest BCUT2D eigenvalue weighted by atomic mass is 16.8. The van der Waals surface area contributed by atoms with Crippen LogP contribution >= 0.6 is 0 Å². The SMILES string of the molecule is C=Cc1cc(C=O)c(-c2ccc(C(=O)NCC3CC3)nc2C(=O)OC(C)OC(=O)OC2CCCCC2)cc1OC.CC.CC. The minimum Gasteiger partial charge on any atom is -0.496 e. The van der Waals surface area contributed by atoms with Gasteiger partial charge < -0.3 is 24.3 Å². The Labute approximate surface area is 260 Å². The third-order valence-corrected chi connectivity index (χ3v) is 6.96. The standard InChI is InChI=1S/C30H34N2O8.2C2H6/c1-4-20-14-21(17-33)24(15-26(20)37-3)23-12-13-25(28(34)31-16-19-10-11-19)32-27(23)29(35)38-18(2)39-30(36)40-22-8-6-5-7-9-22;2*1-2/h4,12-15,17-19,22H,1,5-11,16H2,2-3H3,(H,31,34);2*1-2H3. The van der Waals surface area contributed by atoms with Crippen LogP contribution in [-0.4, -0.2) is 55.4 Å². The quantitative estimate of drug-likeness (QED) is 0.157. The number of ether oxygens (including phenoxy) is 4. The molecule has 1 atom stereocenters. The van der Waals surface area contributed by atoms with Crippen molar-refractivity contribution in [2.75, 3.05) is 13.7 Å². The molecular weight excluding hydrogens is 564 g/mol. The summed E-state index contributed by atoms with van der Waals surface area (Å²) in [7, 11) is 1.47. The van der Waals surface area contributed by atoms with Gasteiger partial charge in [-0.3, -0.25) is 9.59 Å². The summed E-state index contributed by atoms with van der Waals surface area (Å²) in [6.45, 7) is 13.6. The minimum absolute atomic E-state index is 0.00367. The Kier molecular flexibility index (Phi) is 15.1. The molecule has 1 unspecified atom stereocenters. The van der Waals surface area contributed by atoms with Crippen LogP contribution in [0.3, 0.4) is 0 Å². The molecule has 0 radical (unpaired) electrons. The van der Waals surface area contributed by atoms with E-state index < -0.39 is 24.3 Å². The van der Waals surface area contributed by atoms with Crippen molar-refractivity contribution in [3.05, 3.63) is 53.4 Å². The van der Waals surface area contributed by atoms with Gasteiger partial charge in [-0.15, -0.1) is 0 Å². The molecule has 10 nitrogen and oxygen atoms in total. The highest BCUT2D eigenvalue weighted by Gasteiger charge is 2.27. The first kappa shape index (κ1) is 36.0. The topological polar surface area (TPSA) is 130 Å². The number of aromatic nitrogens is 1. The lowest BCUT2D eigenvalue weighted by Gasteiger charge is -2.22. The van der Waals surface area contributed by atoms with Gasteiger partial charge >= 0.3 is 12.1 Å². The number of pyridine rings is 1. The number of esters is 1. The van der Waals surface area contributed by atoms with Crippen molar-refractivity contribution in [3.63, 3.8) is 0 Å². The van der Waals surface area contributed by atoms with E-state index in [0.717, 1.165) is 44.9 Å². The van der Waals surface area contributed by atoms with Crippen LogP contribution in [0.2, 0.25) is 0 Å². The summed E-state index contributed by atoms with van der Waals surface area (Å²) in [5, 5.41) is 2.82.